The van der Waals surface area contributed by atoms with E-state index in [4.69, 9.17) is 22.1 Å². The Hall–Kier alpha value is -3.37. The number of nitrogens with two attached hydrogens (primary N) is 1. The molecule has 3 N–H and O–H groups in total. The van der Waals surface area contributed by atoms with Crippen LogP contribution >= 0.6 is 11.6 Å². The van der Waals surface area contributed by atoms with Gasteiger partial charge in [0.05, 0.1) is 22.3 Å². The average molecular weight is 464 g/mol. The van der Waals surface area contributed by atoms with Crippen molar-refractivity contribution in [3.8, 4) is 0 Å². The Morgan fingerprint density at radius 1 is 1.03 bits per heavy atom. The van der Waals surface area contributed by atoms with Gasteiger partial charge in [-0.1, -0.05) is 11.6 Å². The van der Waals surface area contributed by atoms with Crippen molar-refractivity contribution in [3.05, 3.63) is 64.8 Å². The van der Waals surface area contributed by atoms with Crippen molar-refractivity contribution in [3.63, 3.8) is 0 Å². The molecule has 0 unspecified atom stereocenters. The van der Waals surface area contributed by atoms with Crippen LogP contribution in [0.15, 0.2) is 64.2 Å². The van der Waals surface area contributed by atoms with Crippen LogP contribution in [0.4, 0.5) is 11.4 Å². The molecule has 3 rings (SSSR count). The first kappa shape index (κ1) is 22.3. The molecule has 0 spiro atoms. The molecule has 31 heavy (non-hydrogen) atoms. The summed E-state index contributed by atoms with van der Waals surface area (Å²) in [6.07, 6.45) is -0.312. The highest BCUT2D eigenvalue weighted by Crippen LogP contribution is 2.29. The van der Waals surface area contributed by atoms with Crippen LogP contribution in [0.2, 0.25) is 0 Å². The Kier molecular flexibility index (Phi) is 6.05. The van der Waals surface area contributed by atoms with Crippen LogP contribution in [0.5, 0.6) is 0 Å². The molecule has 0 aromatic heterocycles. The lowest BCUT2D eigenvalue weighted by Gasteiger charge is -2.16. The molecular formula is C20H18ClN3O6S. The lowest BCUT2D eigenvalue weighted by atomic mass is 10.2. The number of anilines is 2. The van der Waals surface area contributed by atoms with Crippen molar-refractivity contribution in [2.75, 3.05) is 10.6 Å². The van der Waals surface area contributed by atoms with E-state index in [0.29, 0.717) is 10.6 Å². The van der Waals surface area contributed by atoms with Gasteiger partial charge in [0.25, 0.3) is 21.8 Å². The molecule has 0 radical (unpaired) electrons. The van der Waals surface area contributed by atoms with Crippen LogP contribution in [0.25, 0.3) is 0 Å². The standard InChI is InChI=1S/C20H18ClN3O6S/c1-11(2)30-20(27)12-3-7-14(8-4-12)24-18(25)16(21)17(19(24)26)23-31(28,29)15-9-5-13(22)6-10-15/h3-11,23H,22H2,1-2H3. The first-order valence-electron chi connectivity index (χ1n) is 8.99. The second kappa shape index (κ2) is 8.40. The number of halogens is 1. The zero-order valence-corrected chi connectivity index (χ0v) is 18.0. The normalized spacial score (nSPS) is 14.4. The van der Waals surface area contributed by atoms with Crippen molar-refractivity contribution >= 4 is 50.8 Å². The second-order valence-corrected chi connectivity index (χ2v) is 8.87. The summed E-state index contributed by atoms with van der Waals surface area (Å²) >= 11 is 5.97. The molecule has 2 amide bonds. The third kappa shape index (κ3) is 4.54. The fourth-order valence-corrected chi connectivity index (χ4v) is 4.03. The van der Waals surface area contributed by atoms with Crippen LogP contribution < -0.4 is 15.4 Å². The first-order chi connectivity index (χ1) is 14.5. The van der Waals surface area contributed by atoms with Gasteiger partial charge in [-0.05, 0) is 62.4 Å². The summed E-state index contributed by atoms with van der Waals surface area (Å²) in [6.45, 7) is 3.41. The number of carbonyl (C=O) groups is 3. The molecule has 0 atom stereocenters. The minimum absolute atomic E-state index is 0.107. The Bertz CT molecular complexity index is 1190. The summed E-state index contributed by atoms with van der Waals surface area (Å²) in [5.41, 5.74) is 5.66. The van der Waals surface area contributed by atoms with Crippen LogP contribution in [-0.2, 0) is 24.3 Å². The number of sulfonamides is 1. The van der Waals surface area contributed by atoms with E-state index < -0.39 is 38.5 Å². The number of hydrogen-bond donors (Lipinski definition) is 2. The number of amides is 2. The number of rotatable bonds is 6. The summed E-state index contributed by atoms with van der Waals surface area (Å²) in [5.74, 6) is -2.42. The van der Waals surface area contributed by atoms with E-state index >= 15 is 0 Å². The van der Waals surface area contributed by atoms with Gasteiger partial charge in [-0.15, -0.1) is 0 Å². The highest BCUT2D eigenvalue weighted by atomic mass is 35.5. The number of nitrogen functional groups attached to an aromatic ring is 1. The van der Waals surface area contributed by atoms with E-state index in [1.54, 1.807) is 13.8 Å². The van der Waals surface area contributed by atoms with Gasteiger partial charge in [0.2, 0.25) is 0 Å². The van der Waals surface area contributed by atoms with Crippen molar-refractivity contribution in [1.82, 2.24) is 4.72 Å². The van der Waals surface area contributed by atoms with Gasteiger partial charge in [-0.2, -0.15) is 0 Å². The Labute approximate surface area is 183 Å². The summed E-state index contributed by atoms with van der Waals surface area (Å²) in [7, 11) is -4.19. The molecule has 0 saturated heterocycles. The number of esters is 1. The summed E-state index contributed by atoms with van der Waals surface area (Å²) in [6, 6.07) is 10.7. The SMILES string of the molecule is CC(C)OC(=O)c1ccc(N2C(=O)C(Cl)=C(NS(=O)(=O)c3ccc(N)cc3)C2=O)cc1. The molecule has 0 bridgehead atoms. The molecule has 1 aliphatic rings. The largest absolute Gasteiger partial charge is 0.459 e. The lowest BCUT2D eigenvalue weighted by molar-refractivity contribution is -0.120. The Morgan fingerprint density at radius 2 is 1.61 bits per heavy atom. The molecule has 2 aromatic rings. The van der Waals surface area contributed by atoms with E-state index in [1.807, 2.05) is 0 Å². The summed E-state index contributed by atoms with van der Waals surface area (Å²) in [4.78, 5) is 37.8. The highest BCUT2D eigenvalue weighted by molar-refractivity contribution is 7.89. The van der Waals surface area contributed by atoms with Crippen LogP contribution in [0.3, 0.4) is 0 Å². The van der Waals surface area contributed by atoms with Gasteiger partial charge in [0.15, 0.2) is 0 Å². The third-order valence-electron chi connectivity index (χ3n) is 4.16. The number of imide groups is 1. The Balaban J connectivity index is 1.84. The number of benzene rings is 2. The van der Waals surface area contributed by atoms with Gasteiger partial charge < -0.3 is 10.5 Å². The van der Waals surface area contributed by atoms with E-state index in [1.165, 1.54) is 48.5 Å². The molecule has 1 aliphatic heterocycles. The fourth-order valence-electron chi connectivity index (χ4n) is 2.69. The number of nitrogens with one attached hydrogen (secondary N) is 1. The zero-order valence-electron chi connectivity index (χ0n) is 16.5. The number of nitrogens with zero attached hydrogens (tertiary/aromatic N) is 1. The van der Waals surface area contributed by atoms with Crippen molar-refractivity contribution in [1.29, 1.82) is 0 Å². The maximum absolute atomic E-state index is 12.8. The molecule has 1 heterocycles. The molecule has 11 heteroatoms. The van der Waals surface area contributed by atoms with Gasteiger partial charge in [0.1, 0.15) is 10.7 Å². The molecule has 0 aliphatic carbocycles. The monoisotopic (exact) mass is 463 g/mol. The quantitative estimate of drug-likeness (QED) is 0.380. The third-order valence-corrected chi connectivity index (χ3v) is 5.87. The molecule has 2 aromatic carbocycles. The van der Waals surface area contributed by atoms with E-state index in [2.05, 4.69) is 4.72 Å². The van der Waals surface area contributed by atoms with Crippen molar-refractivity contribution in [2.45, 2.75) is 24.8 Å². The highest BCUT2D eigenvalue weighted by Gasteiger charge is 2.40. The van der Waals surface area contributed by atoms with E-state index in [0.717, 1.165) is 0 Å². The van der Waals surface area contributed by atoms with Crippen molar-refractivity contribution < 1.29 is 27.5 Å². The maximum atomic E-state index is 12.8. The number of ether oxygens (including phenoxy) is 1. The number of carbonyl (C=O) groups excluding carboxylic acids is 3. The van der Waals surface area contributed by atoms with Crippen molar-refractivity contribution in [2.24, 2.45) is 0 Å². The van der Waals surface area contributed by atoms with Gasteiger partial charge in [-0.25, -0.2) is 18.1 Å². The predicted octanol–water partition coefficient (Wildman–Crippen LogP) is 2.14. The minimum atomic E-state index is -4.19. The zero-order chi connectivity index (χ0) is 22.9. The lowest BCUT2D eigenvalue weighted by Crippen LogP contribution is -2.35. The smallest absolute Gasteiger partial charge is 0.338 e. The molecule has 9 nitrogen and oxygen atoms in total. The summed E-state index contributed by atoms with van der Waals surface area (Å²) < 4.78 is 32.3. The van der Waals surface area contributed by atoms with Crippen LogP contribution in [-0.4, -0.2) is 32.3 Å². The first-order valence-corrected chi connectivity index (χ1v) is 10.9. The average Bonchev–Trinajstić information content (AvgIpc) is 2.91. The number of hydrogen-bond acceptors (Lipinski definition) is 7. The molecule has 0 fully saturated rings. The van der Waals surface area contributed by atoms with Gasteiger partial charge >= 0.3 is 5.97 Å². The van der Waals surface area contributed by atoms with E-state index in [-0.39, 0.29) is 22.3 Å². The second-order valence-electron chi connectivity index (χ2n) is 6.81. The fraction of sp³-hybridized carbons (Fsp3) is 0.150. The Morgan fingerprint density at radius 3 is 2.16 bits per heavy atom. The van der Waals surface area contributed by atoms with Crippen LogP contribution in [0, 0.1) is 0 Å². The summed E-state index contributed by atoms with van der Waals surface area (Å²) in [5, 5.41) is -0.577. The minimum Gasteiger partial charge on any atom is -0.459 e. The van der Waals surface area contributed by atoms with E-state index in [9.17, 15) is 22.8 Å². The maximum Gasteiger partial charge on any atom is 0.338 e. The van der Waals surface area contributed by atoms with Gasteiger partial charge in [-0.3, -0.25) is 14.3 Å². The van der Waals surface area contributed by atoms with Crippen LogP contribution in [0.1, 0.15) is 24.2 Å². The van der Waals surface area contributed by atoms with Gasteiger partial charge in [0, 0.05) is 5.69 Å². The topological polar surface area (TPSA) is 136 Å². The molecular weight excluding hydrogens is 446 g/mol. The molecule has 162 valence electrons. The predicted molar refractivity (Wildman–Crippen MR) is 114 cm³/mol. The molecule has 0 saturated carbocycles.